The van der Waals surface area contributed by atoms with Crippen LogP contribution in [0.2, 0.25) is 0 Å². The van der Waals surface area contributed by atoms with E-state index in [1.165, 1.54) is 18.2 Å². The summed E-state index contributed by atoms with van der Waals surface area (Å²) in [7, 11) is 0. The first-order valence-electron chi connectivity index (χ1n) is 8.44. The molecule has 126 valence electrons. The van der Waals surface area contributed by atoms with E-state index < -0.39 is 0 Å². The molecule has 1 unspecified atom stereocenters. The van der Waals surface area contributed by atoms with Crippen molar-refractivity contribution in [2.75, 3.05) is 13.1 Å². The molecule has 0 saturated carbocycles. The molecule has 7 heteroatoms. The van der Waals surface area contributed by atoms with Gasteiger partial charge in [-0.05, 0) is 24.5 Å². The van der Waals surface area contributed by atoms with Gasteiger partial charge in [0.2, 0.25) is 0 Å². The number of aromatic nitrogens is 4. The Kier molecular flexibility index (Phi) is 3.03. The van der Waals surface area contributed by atoms with Crippen molar-refractivity contribution in [2.24, 2.45) is 0 Å². The van der Waals surface area contributed by atoms with Crippen LogP contribution in [0.25, 0.3) is 11.2 Å². The highest BCUT2D eigenvalue weighted by Crippen LogP contribution is 2.38. The molecular weight excluding hydrogens is 318 g/mol. The number of aryl methyl sites for hydroxylation is 1. The maximum atomic E-state index is 13.0. The first-order chi connectivity index (χ1) is 12.2. The Hall–Kier alpha value is -2.96. The molecule has 1 amide bonds. The van der Waals surface area contributed by atoms with Crippen LogP contribution < -0.4 is 4.74 Å². The van der Waals surface area contributed by atoms with E-state index in [0.717, 1.165) is 25.0 Å². The van der Waals surface area contributed by atoms with Crippen LogP contribution in [0.15, 0.2) is 36.9 Å². The summed E-state index contributed by atoms with van der Waals surface area (Å²) < 4.78 is 6.32. The number of H-pyrrole nitrogens is 1. The van der Waals surface area contributed by atoms with E-state index in [4.69, 9.17) is 4.74 Å². The second kappa shape index (κ2) is 5.27. The third kappa shape index (κ3) is 2.26. The van der Waals surface area contributed by atoms with Gasteiger partial charge < -0.3 is 14.6 Å². The summed E-state index contributed by atoms with van der Waals surface area (Å²) in [6, 6.07) is 8.15. The SMILES string of the molecule is O=C(c1ncnc2nc[nH]c12)N1CCC2(CCc3ccccc3O2)C1. The third-order valence-electron chi connectivity index (χ3n) is 5.18. The van der Waals surface area contributed by atoms with Gasteiger partial charge in [0, 0.05) is 13.0 Å². The van der Waals surface area contributed by atoms with E-state index in [1.807, 2.05) is 23.1 Å². The van der Waals surface area contributed by atoms with Gasteiger partial charge in [-0.15, -0.1) is 0 Å². The number of hydrogen-bond acceptors (Lipinski definition) is 5. The van der Waals surface area contributed by atoms with Crippen LogP contribution in [0, 0.1) is 0 Å². The zero-order valence-corrected chi connectivity index (χ0v) is 13.6. The number of hydrogen-bond donors (Lipinski definition) is 1. The molecule has 3 aromatic rings. The lowest BCUT2D eigenvalue weighted by molar-refractivity contribution is 0.0483. The number of nitrogens with one attached hydrogen (secondary N) is 1. The molecule has 1 aromatic carbocycles. The molecular formula is C18H17N5O2. The second-order valence-corrected chi connectivity index (χ2v) is 6.69. The highest BCUT2D eigenvalue weighted by Gasteiger charge is 2.44. The number of benzene rings is 1. The largest absolute Gasteiger partial charge is 0.485 e. The fraction of sp³-hybridized carbons (Fsp3) is 0.333. The summed E-state index contributed by atoms with van der Waals surface area (Å²) in [4.78, 5) is 30.1. The Morgan fingerprint density at radius 2 is 2.12 bits per heavy atom. The fourth-order valence-corrected chi connectivity index (χ4v) is 3.84. The number of imidazole rings is 1. The van der Waals surface area contributed by atoms with E-state index in [2.05, 4.69) is 26.0 Å². The molecule has 2 aliphatic rings. The third-order valence-corrected chi connectivity index (χ3v) is 5.18. The van der Waals surface area contributed by atoms with Crippen molar-refractivity contribution in [1.29, 1.82) is 0 Å². The van der Waals surface area contributed by atoms with Crippen molar-refractivity contribution < 1.29 is 9.53 Å². The van der Waals surface area contributed by atoms with Crippen LogP contribution in [-0.2, 0) is 6.42 Å². The van der Waals surface area contributed by atoms with Gasteiger partial charge in [-0.1, -0.05) is 18.2 Å². The Labute approximate surface area is 144 Å². The van der Waals surface area contributed by atoms with Crippen molar-refractivity contribution in [3.05, 3.63) is 48.2 Å². The van der Waals surface area contributed by atoms with Gasteiger partial charge in [0.05, 0.1) is 12.9 Å². The molecule has 1 saturated heterocycles. The second-order valence-electron chi connectivity index (χ2n) is 6.69. The fourth-order valence-electron chi connectivity index (χ4n) is 3.84. The Morgan fingerprint density at radius 3 is 3.08 bits per heavy atom. The molecule has 25 heavy (non-hydrogen) atoms. The number of amides is 1. The number of fused-ring (bicyclic) bond motifs is 2. The molecule has 7 nitrogen and oxygen atoms in total. The first kappa shape index (κ1) is 14.4. The van der Waals surface area contributed by atoms with Gasteiger partial charge >= 0.3 is 0 Å². The van der Waals surface area contributed by atoms with Gasteiger partial charge in [0.1, 0.15) is 23.2 Å². The molecule has 4 heterocycles. The minimum atomic E-state index is -0.288. The van der Waals surface area contributed by atoms with Gasteiger partial charge in [0.25, 0.3) is 5.91 Å². The molecule has 1 atom stereocenters. The number of nitrogens with zero attached hydrogens (tertiary/aromatic N) is 4. The molecule has 0 aliphatic carbocycles. The number of likely N-dealkylation sites (tertiary alicyclic amines) is 1. The van der Waals surface area contributed by atoms with Crippen molar-refractivity contribution in [3.8, 4) is 5.75 Å². The van der Waals surface area contributed by atoms with Crippen molar-refractivity contribution in [3.63, 3.8) is 0 Å². The van der Waals surface area contributed by atoms with Gasteiger partial charge in [-0.2, -0.15) is 0 Å². The molecule has 0 bridgehead atoms. The number of rotatable bonds is 1. The van der Waals surface area contributed by atoms with E-state index in [0.29, 0.717) is 29.9 Å². The van der Waals surface area contributed by atoms with Gasteiger partial charge in [-0.3, -0.25) is 4.79 Å². The molecule has 5 rings (SSSR count). The highest BCUT2D eigenvalue weighted by atomic mass is 16.5. The number of aromatic amines is 1. The predicted molar refractivity (Wildman–Crippen MR) is 90.3 cm³/mol. The first-order valence-corrected chi connectivity index (χ1v) is 8.44. The van der Waals surface area contributed by atoms with E-state index in [9.17, 15) is 4.79 Å². The summed E-state index contributed by atoms with van der Waals surface area (Å²) in [6.07, 6.45) is 5.66. The Bertz CT molecular complexity index is 969. The van der Waals surface area contributed by atoms with Crippen LogP contribution in [0.4, 0.5) is 0 Å². The minimum absolute atomic E-state index is 0.101. The number of carbonyl (C=O) groups excluding carboxylic acids is 1. The number of carbonyl (C=O) groups is 1. The van der Waals surface area contributed by atoms with Gasteiger partial charge in [0.15, 0.2) is 11.3 Å². The zero-order chi connectivity index (χ0) is 16.9. The van der Waals surface area contributed by atoms with Crippen LogP contribution in [0.3, 0.4) is 0 Å². The molecule has 1 fully saturated rings. The van der Waals surface area contributed by atoms with E-state index in [1.54, 1.807) is 0 Å². The lowest BCUT2D eigenvalue weighted by Gasteiger charge is -2.35. The number of ether oxygens (including phenoxy) is 1. The normalized spacial score (nSPS) is 22.2. The minimum Gasteiger partial charge on any atom is -0.485 e. The number of para-hydroxylation sites is 1. The smallest absolute Gasteiger partial charge is 0.274 e. The van der Waals surface area contributed by atoms with Crippen LogP contribution in [-0.4, -0.2) is 49.4 Å². The predicted octanol–water partition coefficient (Wildman–Crippen LogP) is 1.96. The van der Waals surface area contributed by atoms with Crippen LogP contribution in [0.5, 0.6) is 5.75 Å². The molecule has 1 N–H and O–H groups in total. The summed E-state index contributed by atoms with van der Waals surface area (Å²) in [5.74, 6) is 0.844. The average molecular weight is 335 g/mol. The standard InChI is InChI=1S/C18H17N5O2/c24-17(15-14-16(21-10-19-14)22-11-20-15)23-8-7-18(9-23)6-5-12-3-1-2-4-13(12)25-18/h1-4,10-11H,5-9H2,(H,19,20,21,22). The van der Waals surface area contributed by atoms with E-state index in [-0.39, 0.29) is 11.5 Å². The van der Waals surface area contributed by atoms with Crippen molar-refractivity contribution >= 4 is 17.1 Å². The summed E-state index contributed by atoms with van der Waals surface area (Å²) in [6.45, 7) is 1.25. The van der Waals surface area contributed by atoms with Crippen molar-refractivity contribution in [2.45, 2.75) is 24.9 Å². The average Bonchev–Trinajstić information content (AvgIpc) is 3.28. The molecule has 1 spiro atoms. The Morgan fingerprint density at radius 1 is 1.20 bits per heavy atom. The Balaban J connectivity index is 1.41. The molecule has 2 aromatic heterocycles. The topological polar surface area (TPSA) is 84.0 Å². The maximum absolute atomic E-state index is 13.0. The summed E-state index contributed by atoms with van der Waals surface area (Å²) in [5, 5.41) is 0. The quantitative estimate of drug-likeness (QED) is 0.735. The van der Waals surface area contributed by atoms with Gasteiger partial charge in [-0.25, -0.2) is 15.0 Å². The lowest BCUT2D eigenvalue weighted by Crippen LogP contribution is -2.43. The molecule has 0 radical (unpaired) electrons. The highest BCUT2D eigenvalue weighted by molar-refractivity contribution is 6.02. The van der Waals surface area contributed by atoms with Crippen LogP contribution >= 0.6 is 0 Å². The molecule has 2 aliphatic heterocycles. The zero-order valence-electron chi connectivity index (χ0n) is 13.6. The maximum Gasteiger partial charge on any atom is 0.274 e. The summed E-state index contributed by atoms with van der Waals surface area (Å²) in [5.41, 5.74) is 2.42. The lowest BCUT2D eigenvalue weighted by atomic mass is 9.90. The summed E-state index contributed by atoms with van der Waals surface area (Å²) >= 11 is 0. The monoisotopic (exact) mass is 335 g/mol. The van der Waals surface area contributed by atoms with E-state index >= 15 is 0 Å². The van der Waals surface area contributed by atoms with Crippen LogP contribution in [0.1, 0.15) is 28.9 Å². The van der Waals surface area contributed by atoms with Crippen molar-refractivity contribution in [1.82, 2.24) is 24.8 Å².